The SMILES string of the molecule is CNC(CN(C)CC(F)(F)F)c1ccccc1F. The van der Waals surface area contributed by atoms with Crippen LogP contribution in [0.4, 0.5) is 17.6 Å². The maximum Gasteiger partial charge on any atom is 0.401 e. The van der Waals surface area contributed by atoms with E-state index >= 15 is 0 Å². The van der Waals surface area contributed by atoms with Crippen LogP contribution in [0.2, 0.25) is 0 Å². The number of nitrogens with one attached hydrogen (secondary N) is 1. The molecule has 0 heterocycles. The summed E-state index contributed by atoms with van der Waals surface area (Å²) in [7, 11) is 2.96. The first-order valence-electron chi connectivity index (χ1n) is 5.50. The average molecular weight is 264 g/mol. The van der Waals surface area contributed by atoms with Crippen LogP contribution >= 0.6 is 0 Å². The summed E-state index contributed by atoms with van der Waals surface area (Å²) in [5, 5.41) is 2.83. The summed E-state index contributed by atoms with van der Waals surface area (Å²) in [5.74, 6) is -0.419. The summed E-state index contributed by atoms with van der Waals surface area (Å²) >= 11 is 0. The van der Waals surface area contributed by atoms with E-state index in [0.717, 1.165) is 4.90 Å². The molecule has 1 N–H and O–H groups in total. The van der Waals surface area contributed by atoms with Crippen LogP contribution in [0.1, 0.15) is 11.6 Å². The van der Waals surface area contributed by atoms with Crippen molar-refractivity contribution >= 4 is 0 Å². The van der Waals surface area contributed by atoms with E-state index in [2.05, 4.69) is 5.32 Å². The Morgan fingerprint density at radius 1 is 1.28 bits per heavy atom. The number of hydrogen-bond acceptors (Lipinski definition) is 2. The Kier molecular flexibility index (Phi) is 5.10. The van der Waals surface area contributed by atoms with Gasteiger partial charge < -0.3 is 5.32 Å². The van der Waals surface area contributed by atoms with Gasteiger partial charge in [0.1, 0.15) is 5.82 Å². The standard InChI is InChI=1S/C12H16F4N2/c1-17-11(7-18(2)8-12(14,15)16)9-5-3-4-6-10(9)13/h3-6,11,17H,7-8H2,1-2H3. The van der Waals surface area contributed by atoms with Gasteiger partial charge in [-0.2, -0.15) is 13.2 Å². The molecule has 1 aromatic carbocycles. The lowest BCUT2D eigenvalue weighted by Crippen LogP contribution is -2.37. The molecule has 0 aliphatic carbocycles. The van der Waals surface area contributed by atoms with E-state index in [-0.39, 0.29) is 6.54 Å². The highest BCUT2D eigenvalue weighted by atomic mass is 19.4. The van der Waals surface area contributed by atoms with E-state index in [9.17, 15) is 17.6 Å². The van der Waals surface area contributed by atoms with Crippen LogP contribution in [0.3, 0.4) is 0 Å². The maximum atomic E-state index is 13.5. The molecular formula is C12H16F4N2. The van der Waals surface area contributed by atoms with Crippen LogP contribution in [0.15, 0.2) is 24.3 Å². The molecule has 0 fully saturated rings. The van der Waals surface area contributed by atoms with Gasteiger partial charge in [-0.05, 0) is 20.2 Å². The fourth-order valence-corrected chi connectivity index (χ4v) is 1.79. The third kappa shape index (κ3) is 4.62. The van der Waals surface area contributed by atoms with Gasteiger partial charge in [-0.1, -0.05) is 18.2 Å². The highest BCUT2D eigenvalue weighted by Gasteiger charge is 2.30. The maximum absolute atomic E-state index is 13.5. The van der Waals surface area contributed by atoms with Crippen LogP contribution in [0.25, 0.3) is 0 Å². The van der Waals surface area contributed by atoms with Gasteiger partial charge >= 0.3 is 6.18 Å². The van der Waals surface area contributed by atoms with Crippen molar-refractivity contribution in [2.75, 3.05) is 27.2 Å². The predicted molar refractivity (Wildman–Crippen MR) is 61.8 cm³/mol. The molecule has 0 aliphatic heterocycles. The van der Waals surface area contributed by atoms with Crippen LogP contribution < -0.4 is 5.32 Å². The molecule has 102 valence electrons. The Bertz CT molecular complexity index is 379. The number of likely N-dealkylation sites (N-methyl/N-ethyl adjacent to an activating group) is 2. The van der Waals surface area contributed by atoms with E-state index in [1.807, 2.05) is 0 Å². The van der Waals surface area contributed by atoms with E-state index in [0.29, 0.717) is 5.56 Å². The Balaban J connectivity index is 2.71. The second kappa shape index (κ2) is 6.15. The quantitative estimate of drug-likeness (QED) is 0.822. The Morgan fingerprint density at radius 3 is 2.39 bits per heavy atom. The first-order chi connectivity index (χ1) is 8.33. The highest BCUT2D eigenvalue weighted by molar-refractivity contribution is 5.21. The van der Waals surface area contributed by atoms with Crippen LogP contribution in [0, 0.1) is 5.82 Å². The highest BCUT2D eigenvalue weighted by Crippen LogP contribution is 2.20. The molecule has 1 rings (SSSR count). The largest absolute Gasteiger partial charge is 0.401 e. The van der Waals surface area contributed by atoms with E-state index in [1.54, 1.807) is 25.2 Å². The summed E-state index contributed by atoms with van der Waals surface area (Å²) in [6.45, 7) is -0.934. The van der Waals surface area contributed by atoms with Crippen molar-refractivity contribution in [2.45, 2.75) is 12.2 Å². The third-order valence-electron chi connectivity index (χ3n) is 2.57. The molecule has 2 nitrogen and oxygen atoms in total. The van der Waals surface area contributed by atoms with Gasteiger partial charge in [-0.15, -0.1) is 0 Å². The summed E-state index contributed by atoms with van der Waals surface area (Å²) in [5.41, 5.74) is 0.369. The summed E-state index contributed by atoms with van der Waals surface area (Å²) in [6.07, 6.45) is -4.25. The Morgan fingerprint density at radius 2 is 1.89 bits per heavy atom. The lowest BCUT2D eigenvalue weighted by Gasteiger charge is -2.25. The van der Waals surface area contributed by atoms with Crippen LogP contribution in [-0.2, 0) is 0 Å². The smallest absolute Gasteiger partial charge is 0.312 e. The van der Waals surface area contributed by atoms with E-state index < -0.39 is 24.6 Å². The Labute approximate surface area is 104 Å². The van der Waals surface area contributed by atoms with E-state index in [1.165, 1.54) is 13.1 Å². The number of alkyl halides is 3. The van der Waals surface area contributed by atoms with Gasteiger partial charge in [0.2, 0.25) is 0 Å². The summed E-state index contributed by atoms with van der Waals surface area (Å²) in [4.78, 5) is 1.12. The summed E-state index contributed by atoms with van der Waals surface area (Å²) < 4.78 is 50.2. The zero-order chi connectivity index (χ0) is 13.8. The normalized spacial score (nSPS) is 13.9. The molecule has 0 spiro atoms. The molecule has 1 atom stereocenters. The van der Waals surface area contributed by atoms with Crippen molar-refractivity contribution < 1.29 is 17.6 Å². The van der Waals surface area contributed by atoms with Crippen molar-refractivity contribution in [3.8, 4) is 0 Å². The van der Waals surface area contributed by atoms with Gasteiger partial charge in [0.15, 0.2) is 0 Å². The Hall–Kier alpha value is -1.14. The molecule has 0 aromatic heterocycles. The van der Waals surface area contributed by atoms with Crippen molar-refractivity contribution in [3.63, 3.8) is 0 Å². The first kappa shape index (κ1) is 14.9. The van der Waals surface area contributed by atoms with Crippen molar-refractivity contribution in [1.29, 1.82) is 0 Å². The van der Waals surface area contributed by atoms with Gasteiger partial charge in [0, 0.05) is 18.2 Å². The lowest BCUT2D eigenvalue weighted by molar-refractivity contribution is -0.143. The molecule has 0 bridgehead atoms. The number of benzene rings is 1. The van der Waals surface area contributed by atoms with Crippen LogP contribution in [0.5, 0.6) is 0 Å². The lowest BCUT2D eigenvalue weighted by atomic mass is 10.1. The fraction of sp³-hybridized carbons (Fsp3) is 0.500. The number of nitrogens with zero attached hydrogens (tertiary/aromatic N) is 1. The number of hydrogen-bond donors (Lipinski definition) is 1. The van der Waals surface area contributed by atoms with Gasteiger partial charge in [-0.25, -0.2) is 4.39 Å². The minimum Gasteiger partial charge on any atom is -0.312 e. The number of rotatable bonds is 5. The number of halogens is 4. The second-order valence-electron chi connectivity index (χ2n) is 4.17. The topological polar surface area (TPSA) is 15.3 Å². The zero-order valence-corrected chi connectivity index (χ0v) is 10.3. The van der Waals surface area contributed by atoms with Gasteiger partial charge in [0.05, 0.1) is 6.54 Å². The fourth-order valence-electron chi connectivity index (χ4n) is 1.79. The average Bonchev–Trinajstić information content (AvgIpc) is 2.24. The molecule has 1 unspecified atom stereocenters. The second-order valence-corrected chi connectivity index (χ2v) is 4.17. The van der Waals surface area contributed by atoms with Crippen LogP contribution in [-0.4, -0.2) is 38.3 Å². The van der Waals surface area contributed by atoms with Crippen molar-refractivity contribution in [1.82, 2.24) is 10.2 Å². The molecule has 0 amide bonds. The molecule has 0 aliphatic rings. The van der Waals surface area contributed by atoms with Crippen molar-refractivity contribution in [3.05, 3.63) is 35.6 Å². The first-order valence-corrected chi connectivity index (χ1v) is 5.50. The monoisotopic (exact) mass is 264 g/mol. The summed E-state index contributed by atoms with van der Waals surface area (Å²) in [6, 6.07) is 5.59. The molecule has 18 heavy (non-hydrogen) atoms. The third-order valence-corrected chi connectivity index (χ3v) is 2.57. The molecule has 6 heteroatoms. The predicted octanol–water partition coefficient (Wildman–Crippen LogP) is 2.58. The molecule has 1 aromatic rings. The zero-order valence-electron chi connectivity index (χ0n) is 10.3. The molecule has 0 saturated heterocycles. The molecule has 0 radical (unpaired) electrons. The van der Waals surface area contributed by atoms with E-state index in [4.69, 9.17) is 0 Å². The minimum atomic E-state index is -4.25. The molecule has 0 saturated carbocycles. The minimum absolute atomic E-state index is 0.0803. The molecular weight excluding hydrogens is 248 g/mol. The van der Waals surface area contributed by atoms with Gasteiger partial charge in [0.25, 0.3) is 0 Å². The van der Waals surface area contributed by atoms with Crippen molar-refractivity contribution in [2.24, 2.45) is 0 Å². The van der Waals surface area contributed by atoms with Gasteiger partial charge in [-0.3, -0.25) is 4.90 Å².